The lowest BCUT2D eigenvalue weighted by Crippen LogP contribution is -2.30. The van der Waals surface area contributed by atoms with Crippen molar-refractivity contribution in [1.82, 2.24) is 5.32 Å². The molecule has 0 radical (unpaired) electrons. The van der Waals surface area contributed by atoms with E-state index in [0.717, 1.165) is 18.7 Å². The summed E-state index contributed by atoms with van der Waals surface area (Å²) < 4.78 is 0. The maximum Gasteiger partial charge on any atom is 0.0637 e. The van der Waals surface area contributed by atoms with Crippen molar-refractivity contribution in [2.24, 2.45) is 0 Å². The Kier molecular flexibility index (Phi) is 5.42. The number of aliphatic hydroxyl groups excluding tert-OH is 1. The second-order valence-electron chi connectivity index (χ2n) is 6.56. The number of hydrogen-bond acceptors (Lipinski definition) is 2. The first-order valence-electron chi connectivity index (χ1n) is 8.46. The molecule has 23 heavy (non-hydrogen) atoms. The number of aliphatic hydroxyl groups is 1. The van der Waals surface area contributed by atoms with Crippen LogP contribution in [-0.2, 0) is 0 Å². The van der Waals surface area contributed by atoms with Gasteiger partial charge in [-0.3, -0.25) is 0 Å². The summed E-state index contributed by atoms with van der Waals surface area (Å²) in [4.78, 5) is 2.70. The van der Waals surface area contributed by atoms with Crippen molar-refractivity contribution in [3.8, 4) is 0 Å². The van der Waals surface area contributed by atoms with Crippen LogP contribution in [0.1, 0.15) is 19.3 Å². The van der Waals surface area contributed by atoms with Crippen LogP contribution in [0.25, 0.3) is 0 Å². The molecule has 1 aliphatic rings. The fraction of sp³-hybridized carbons (Fsp3) is 0.400. The van der Waals surface area contributed by atoms with Gasteiger partial charge in [-0.25, -0.2) is 0 Å². The topological polar surface area (TPSA) is 32.3 Å². The Bertz CT molecular complexity index is 556. The summed E-state index contributed by atoms with van der Waals surface area (Å²) in [6, 6.07) is 21.9. The molecule has 2 nitrogen and oxygen atoms in total. The number of benzene rings is 2. The fourth-order valence-corrected chi connectivity index (χ4v) is 6.59. The lowest BCUT2D eigenvalue weighted by Gasteiger charge is -2.39. The van der Waals surface area contributed by atoms with Crippen molar-refractivity contribution in [2.45, 2.75) is 41.2 Å². The van der Waals surface area contributed by atoms with E-state index in [1.807, 2.05) is 0 Å². The van der Waals surface area contributed by atoms with E-state index in [0.29, 0.717) is 6.04 Å². The van der Waals surface area contributed by atoms with Crippen LogP contribution in [0.15, 0.2) is 70.5 Å². The molecule has 3 heteroatoms. The summed E-state index contributed by atoms with van der Waals surface area (Å²) in [6.07, 6.45) is 5.37. The highest BCUT2D eigenvalue weighted by Crippen LogP contribution is 2.59. The number of hydrogen-bond donors (Lipinski definition) is 2. The minimum Gasteiger partial charge on any atom is -0.392 e. The maximum atomic E-state index is 10.7. The molecule has 1 heterocycles. The summed E-state index contributed by atoms with van der Waals surface area (Å²) in [6.45, 7) is 1.10. The van der Waals surface area contributed by atoms with Crippen molar-refractivity contribution < 1.29 is 5.11 Å². The van der Waals surface area contributed by atoms with Gasteiger partial charge in [-0.2, -0.15) is 10.0 Å². The molecular formula is C20H27NOS. The molecular weight excluding hydrogens is 302 g/mol. The van der Waals surface area contributed by atoms with Gasteiger partial charge in [0.2, 0.25) is 0 Å². The van der Waals surface area contributed by atoms with Crippen LogP contribution < -0.4 is 5.32 Å². The van der Waals surface area contributed by atoms with Crippen LogP contribution in [0, 0.1) is 0 Å². The van der Waals surface area contributed by atoms with Crippen molar-refractivity contribution >= 4 is 10.0 Å². The average molecular weight is 330 g/mol. The molecule has 0 spiro atoms. The zero-order valence-electron chi connectivity index (χ0n) is 13.8. The second-order valence-corrected chi connectivity index (χ2v) is 10.0. The molecule has 2 N–H and O–H groups in total. The SMILES string of the molecule is CS(C[C@@H](O)C[C@@H]1CCCN1)(c1ccccc1)c1ccccc1. The van der Waals surface area contributed by atoms with Gasteiger partial charge in [0.25, 0.3) is 0 Å². The number of rotatable bonds is 6. The Morgan fingerprint density at radius 2 is 1.61 bits per heavy atom. The Balaban J connectivity index is 1.83. The van der Waals surface area contributed by atoms with Crippen LogP contribution in [0.3, 0.4) is 0 Å². The molecule has 2 aromatic rings. The van der Waals surface area contributed by atoms with E-state index in [2.05, 4.69) is 72.2 Å². The standard InChI is InChI=1S/C20H27NOS/c1-23(19-10-4-2-5-11-19,20-12-6-3-7-13-20)16-18(22)15-17-9-8-14-21-17/h2-7,10-13,17-18,21-22H,8-9,14-16H2,1H3/t17-,18-/m0/s1. The van der Waals surface area contributed by atoms with Gasteiger partial charge in [-0.05, 0) is 66.1 Å². The Morgan fingerprint density at radius 1 is 1.04 bits per heavy atom. The zero-order valence-corrected chi connectivity index (χ0v) is 14.6. The smallest absolute Gasteiger partial charge is 0.0637 e. The monoisotopic (exact) mass is 329 g/mol. The number of nitrogens with one attached hydrogen (secondary N) is 1. The van der Waals surface area contributed by atoms with Gasteiger partial charge in [0, 0.05) is 11.8 Å². The van der Waals surface area contributed by atoms with E-state index in [1.54, 1.807) is 0 Å². The third-order valence-corrected chi connectivity index (χ3v) is 8.45. The first-order valence-corrected chi connectivity index (χ1v) is 10.7. The van der Waals surface area contributed by atoms with Gasteiger partial charge in [0.15, 0.2) is 0 Å². The molecule has 0 bridgehead atoms. The Morgan fingerprint density at radius 3 is 2.09 bits per heavy atom. The summed E-state index contributed by atoms with van der Waals surface area (Å²) >= 11 is 0. The van der Waals surface area contributed by atoms with Gasteiger partial charge in [-0.15, -0.1) is 0 Å². The van der Waals surface area contributed by atoms with E-state index >= 15 is 0 Å². The van der Waals surface area contributed by atoms with Crippen molar-refractivity contribution in [1.29, 1.82) is 0 Å². The molecule has 0 aliphatic carbocycles. The molecule has 1 saturated heterocycles. The van der Waals surface area contributed by atoms with E-state index in [9.17, 15) is 5.11 Å². The van der Waals surface area contributed by atoms with Crippen LogP contribution in [-0.4, -0.2) is 35.8 Å². The predicted molar refractivity (Wildman–Crippen MR) is 99.4 cm³/mol. The highest BCUT2D eigenvalue weighted by molar-refractivity contribution is 8.33. The van der Waals surface area contributed by atoms with Gasteiger partial charge in [0.1, 0.15) is 0 Å². The Labute approximate surface area is 141 Å². The van der Waals surface area contributed by atoms with Gasteiger partial charge < -0.3 is 10.4 Å². The van der Waals surface area contributed by atoms with Gasteiger partial charge in [-0.1, -0.05) is 36.4 Å². The van der Waals surface area contributed by atoms with E-state index in [-0.39, 0.29) is 6.10 Å². The molecule has 2 atom stereocenters. The molecule has 0 unspecified atom stereocenters. The summed E-state index contributed by atoms with van der Waals surface area (Å²) in [7, 11) is -1.22. The molecule has 2 aromatic carbocycles. The third-order valence-electron chi connectivity index (χ3n) is 4.77. The quantitative estimate of drug-likeness (QED) is 0.838. The molecule has 3 rings (SSSR count). The highest BCUT2D eigenvalue weighted by atomic mass is 32.3. The molecule has 0 amide bonds. The van der Waals surface area contributed by atoms with Crippen LogP contribution in [0.2, 0.25) is 0 Å². The predicted octanol–water partition coefficient (Wildman–Crippen LogP) is 4.04. The van der Waals surface area contributed by atoms with Gasteiger partial charge >= 0.3 is 0 Å². The van der Waals surface area contributed by atoms with Crippen LogP contribution in [0.5, 0.6) is 0 Å². The van der Waals surface area contributed by atoms with Gasteiger partial charge in [0.05, 0.1) is 6.10 Å². The molecule has 1 fully saturated rings. The first-order chi connectivity index (χ1) is 11.2. The fourth-order valence-electron chi connectivity index (χ4n) is 3.51. The largest absolute Gasteiger partial charge is 0.392 e. The maximum absolute atomic E-state index is 10.7. The van der Waals surface area contributed by atoms with E-state index in [4.69, 9.17) is 0 Å². The third kappa shape index (κ3) is 3.97. The summed E-state index contributed by atoms with van der Waals surface area (Å²) in [5.74, 6) is 0.833. The Hall–Kier alpha value is -1.29. The van der Waals surface area contributed by atoms with Crippen molar-refractivity contribution in [2.75, 3.05) is 18.6 Å². The first kappa shape index (κ1) is 16.6. The summed E-state index contributed by atoms with van der Waals surface area (Å²) in [5, 5.41) is 14.3. The lowest BCUT2D eigenvalue weighted by molar-refractivity contribution is 0.175. The molecule has 0 saturated carbocycles. The molecule has 1 aliphatic heterocycles. The highest BCUT2D eigenvalue weighted by Gasteiger charge is 2.28. The average Bonchev–Trinajstić information content (AvgIpc) is 3.09. The molecule has 124 valence electrons. The normalized spacial score (nSPS) is 20.3. The zero-order chi connectivity index (χ0) is 16.1. The second kappa shape index (κ2) is 7.52. The van der Waals surface area contributed by atoms with Crippen molar-refractivity contribution in [3.05, 3.63) is 60.7 Å². The minimum atomic E-state index is -1.22. The lowest BCUT2D eigenvalue weighted by atomic mass is 10.1. The molecule has 0 aromatic heterocycles. The van der Waals surface area contributed by atoms with Crippen LogP contribution in [0.4, 0.5) is 0 Å². The summed E-state index contributed by atoms with van der Waals surface area (Å²) in [5.41, 5.74) is 0. The van der Waals surface area contributed by atoms with E-state index < -0.39 is 10.0 Å². The minimum absolute atomic E-state index is 0.258. The van der Waals surface area contributed by atoms with Crippen LogP contribution >= 0.6 is 10.0 Å². The van der Waals surface area contributed by atoms with E-state index in [1.165, 1.54) is 22.6 Å². The van der Waals surface area contributed by atoms with Crippen molar-refractivity contribution in [3.63, 3.8) is 0 Å².